The number of aliphatic hydroxyl groups is 1. The highest BCUT2D eigenvalue weighted by molar-refractivity contribution is 5.70. The summed E-state index contributed by atoms with van der Waals surface area (Å²) in [4.78, 5) is 19.8. The summed E-state index contributed by atoms with van der Waals surface area (Å²) in [5.74, 6) is 0.873. The number of hydrogen-bond acceptors (Lipinski definition) is 11. The SMILES string of the molecule is COCCOCCOc1cc([N+](=O)[O-])c(Nc2ccc(C#N)cn2)nc1NC1CCC(O)CC1. The Balaban J connectivity index is 1.83. The van der Waals surface area contributed by atoms with E-state index in [1.807, 2.05) is 6.07 Å². The van der Waals surface area contributed by atoms with Gasteiger partial charge in [-0.3, -0.25) is 10.1 Å². The molecule has 0 saturated heterocycles. The van der Waals surface area contributed by atoms with Crippen LogP contribution in [-0.2, 0) is 9.47 Å². The Morgan fingerprint density at radius 1 is 1.21 bits per heavy atom. The second-order valence-corrected chi connectivity index (χ2v) is 7.73. The van der Waals surface area contributed by atoms with Gasteiger partial charge < -0.3 is 30.0 Å². The molecular formula is C22H28N6O6. The van der Waals surface area contributed by atoms with Crippen molar-refractivity contribution in [1.29, 1.82) is 5.26 Å². The van der Waals surface area contributed by atoms with Gasteiger partial charge in [0, 0.05) is 19.3 Å². The van der Waals surface area contributed by atoms with Crippen LogP contribution in [0.1, 0.15) is 31.2 Å². The first-order chi connectivity index (χ1) is 16.5. The lowest BCUT2D eigenvalue weighted by Crippen LogP contribution is -2.29. The van der Waals surface area contributed by atoms with E-state index >= 15 is 0 Å². The molecular weight excluding hydrogens is 444 g/mol. The van der Waals surface area contributed by atoms with E-state index in [0.717, 1.165) is 12.8 Å². The highest BCUT2D eigenvalue weighted by atomic mass is 16.6. The van der Waals surface area contributed by atoms with E-state index < -0.39 is 4.92 Å². The molecule has 182 valence electrons. The number of methoxy groups -OCH3 is 1. The largest absolute Gasteiger partial charge is 0.487 e. The topological polar surface area (TPSA) is 165 Å². The lowest BCUT2D eigenvalue weighted by Gasteiger charge is -2.27. The molecule has 0 bridgehead atoms. The molecule has 3 rings (SSSR count). The molecule has 1 aliphatic carbocycles. The van der Waals surface area contributed by atoms with E-state index in [-0.39, 0.29) is 42.6 Å². The van der Waals surface area contributed by atoms with Crippen molar-refractivity contribution in [3.63, 3.8) is 0 Å². The zero-order valence-electron chi connectivity index (χ0n) is 18.9. The van der Waals surface area contributed by atoms with Crippen molar-refractivity contribution >= 4 is 23.1 Å². The molecule has 0 unspecified atom stereocenters. The fourth-order valence-corrected chi connectivity index (χ4v) is 3.45. The number of nitriles is 1. The van der Waals surface area contributed by atoms with Crippen LogP contribution < -0.4 is 15.4 Å². The predicted octanol–water partition coefficient (Wildman–Crippen LogP) is 2.76. The van der Waals surface area contributed by atoms with Gasteiger partial charge in [-0.25, -0.2) is 9.97 Å². The summed E-state index contributed by atoms with van der Waals surface area (Å²) in [6.45, 7) is 1.32. The molecule has 0 atom stereocenters. The van der Waals surface area contributed by atoms with Gasteiger partial charge in [0.2, 0.25) is 5.82 Å². The van der Waals surface area contributed by atoms with Gasteiger partial charge in [0.1, 0.15) is 18.5 Å². The summed E-state index contributed by atoms with van der Waals surface area (Å²) in [5.41, 5.74) is 0.0809. The molecule has 12 heteroatoms. The van der Waals surface area contributed by atoms with Crippen molar-refractivity contribution in [3.05, 3.63) is 40.1 Å². The first kappa shape index (κ1) is 25.1. The number of pyridine rings is 2. The minimum absolute atomic E-state index is 0.00996. The molecule has 2 aromatic rings. The van der Waals surface area contributed by atoms with Crippen molar-refractivity contribution in [2.75, 3.05) is 44.2 Å². The molecule has 12 nitrogen and oxygen atoms in total. The van der Waals surface area contributed by atoms with Crippen LogP contribution in [0.3, 0.4) is 0 Å². The van der Waals surface area contributed by atoms with E-state index in [2.05, 4.69) is 20.6 Å². The van der Waals surface area contributed by atoms with E-state index in [0.29, 0.717) is 43.3 Å². The summed E-state index contributed by atoms with van der Waals surface area (Å²) in [7, 11) is 1.58. The minimum atomic E-state index is -0.554. The van der Waals surface area contributed by atoms with E-state index in [1.165, 1.54) is 12.3 Å². The summed E-state index contributed by atoms with van der Waals surface area (Å²) in [5, 5.41) is 36.7. The molecule has 0 amide bonds. The van der Waals surface area contributed by atoms with Crippen molar-refractivity contribution in [2.45, 2.75) is 37.8 Å². The van der Waals surface area contributed by atoms with Gasteiger partial charge in [0.15, 0.2) is 11.6 Å². The van der Waals surface area contributed by atoms with Crippen LogP contribution in [0.2, 0.25) is 0 Å². The Morgan fingerprint density at radius 3 is 2.62 bits per heavy atom. The lowest BCUT2D eigenvalue weighted by atomic mass is 9.93. The Bertz CT molecular complexity index is 989. The van der Waals surface area contributed by atoms with E-state index in [4.69, 9.17) is 19.5 Å². The first-order valence-electron chi connectivity index (χ1n) is 11.0. The van der Waals surface area contributed by atoms with E-state index in [9.17, 15) is 15.2 Å². The second-order valence-electron chi connectivity index (χ2n) is 7.73. The van der Waals surface area contributed by atoms with Gasteiger partial charge in [0.25, 0.3) is 0 Å². The normalized spacial score (nSPS) is 17.6. The lowest BCUT2D eigenvalue weighted by molar-refractivity contribution is -0.384. The van der Waals surface area contributed by atoms with Crippen LogP contribution in [0.5, 0.6) is 5.75 Å². The van der Waals surface area contributed by atoms with Crippen LogP contribution in [0, 0.1) is 21.4 Å². The molecule has 0 radical (unpaired) electrons. The molecule has 0 spiro atoms. The fourth-order valence-electron chi connectivity index (χ4n) is 3.45. The zero-order valence-corrected chi connectivity index (χ0v) is 18.9. The van der Waals surface area contributed by atoms with Gasteiger partial charge in [0.05, 0.1) is 42.5 Å². The first-order valence-corrected chi connectivity index (χ1v) is 11.0. The number of hydrogen-bond donors (Lipinski definition) is 3. The van der Waals surface area contributed by atoms with Crippen molar-refractivity contribution in [3.8, 4) is 11.8 Å². The highest BCUT2D eigenvalue weighted by Crippen LogP contribution is 2.36. The predicted molar refractivity (Wildman–Crippen MR) is 123 cm³/mol. The molecule has 2 heterocycles. The maximum absolute atomic E-state index is 11.8. The monoisotopic (exact) mass is 472 g/mol. The maximum atomic E-state index is 11.8. The maximum Gasteiger partial charge on any atom is 0.315 e. The van der Waals surface area contributed by atoms with Crippen LogP contribution >= 0.6 is 0 Å². The smallest absolute Gasteiger partial charge is 0.315 e. The molecule has 1 aliphatic rings. The van der Waals surface area contributed by atoms with Gasteiger partial charge in [-0.05, 0) is 37.8 Å². The molecule has 3 N–H and O–H groups in total. The average molecular weight is 473 g/mol. The molecule has 0 aromatic carbocycles. The van der Waals surface area contributed by atoms with Crippen LogP contribution in [0.15, 0.2) is 24.4 Å². The third-order valence-electron chi connectivity index (χ3n) is 5.26. The summed E-state index contributed by atoms with van der Waals surface area (Å²) in [6, 6.07) is 6.42. The number of aliphatic hydroxyl groups excluding tert-OH is 1. The third kappa shape index (κ3) is 7.24. The Morgan fingerprint density at radius 2 is 1.97 bits per heavy atom. The molecule has 34 heavy (non-hydrogen) atoms. The quantitative estimate of drug-likeness (QED) is 0.236. The highest BCUT2D eigenvalue weighted by Gasteiger charge is 2.25. The number of nitro groups is 1. The number of anilines is 3. The van der Waals surface area contributed by atoms with E-state index in [1.54, 1.807) is 19.2 Å². The summed E-state index contributed by atoms with van der Waals surface area (Å²) >= 11 is 0. The van der Waals surface area contributed by atoms with Crippen molar-refractivity contribution < 1.29 is 24.2 Å². The van der Waals surface area contributed by atoms with Crippen molar-refractivity contribution in [2.24, 2.45) is 0 Å². The number of rotatable bonds is 12. The number of nitrogens with one attached hydrogen (secondary N) is 2. The molecule has 1 fully saturated rings. The molecule has 1 saturated carbocycles. The molecule has 0 aliphatic heterocycles. The van der Waals surface area contributed by atoms with Crippen LogP contribution in [0.25, 0.3) is 0 Å². The third-order valence-corrected chi connectivity index (χ3v) is 5.26. The fraction of sp³-hybridized carbons (Fsp3) is 0.500. The second kappa shape index (κ2) is 12.6. The molecule has 2 aromatic heterocycles. The van der Waals surface area contributed by atoms with Crippen LogP contribution in [-0.4, -0.2) is 65.7 Å². The van der Waals surface area contributed by atoms with Gasteiger partial charge in [-0.1, -0.05) is 0 Å². The van der Waals surface area contributed by atoms with Gasteiger partial charge >= 0.3 is 5.69 Å². The van der Waals surface area contributed by atoms with Crippen LogP contribution in [0.4, 0.5) is 23.1 Å². The Kier molecular flexibility index (Phi) is 9.33. The summed E-state index contributed by atoms with van der Waals surface area (Å²) in [6.07, 6.45) is 3.84. The zero-order chi connectivity index (χ0) is 24.3. The van der Waals surface area contributed by atoms with Gasteiger partial charge in [-0.2, -0.15) is 5.26 Å². The Hall–Kier alpha value is -3.53. The number of nitrogens with zero attached hydrogens (tertiary/aromatic N) is 4. The average Bonchev–Trinajstić information content (AvgIpc) is 2.84. The van der Waals surface area contributed by atoms with Gasteiger partial charge in [-0.15, -0.1) is 0 Å². The standard InChI is InChI=1S/C22H28N6O6/c1-32-8-9-33-10-11-34-19-12-18(28(30)31)21(26-20-7-2-15(13-23)14-24-20)27-22(19)25-16-3-5-17(29)6-4-16/h2,7,12,14,16-17,29H,3-6,8-11H2,1H3,(H2,24,25,26,27). The Labute approximate surface area is 197 Å². The number of aromatic nitrogens is 2. The van der Waals surface area contributed by atoms with Crippen molar-refractivity contribution in [1.82, 2.24) is 9.97 Å². The minimum Gasteiger partial charge on any atom is -0.487 e. The summed E-state index contributed by atoms with van der Waals surface area (Å²) < 4.78 is 16.1. The number of ether oxygens (including phenoxy) is 3.